The summed E-state index contributed by atoms with van der Waals surface area (Å²) >= 11 is 3.29. The number of fused-ring (bicyclic) bond motifs is 1. The lowest BCUT2D eigenvalue weighted by Gasteiger charge is -2.29. The van der Waals surface area contributed by atoms with E-state index in [1.165, 1.54) is 0 Å². The molecule has 0 fully saturated rings. The van der Waals surface area contributed by atoms with Crippen molar-refractivity contribution in [2.45, 2.75) is 13.0 Å². The highest BCUT2D eigenvalue weighted by Gasteiger charge is 2.23. The van der Waals surface area contributed by atoms with Gasteiger partial charge in [0.25, 0.3) is 11.8 Å². The SMILES string of the molecule is COc1cc2c(cc1OC)CN(C(=O)COC(=O)CNC(=O)c1cccc(Br)c1)CC2. The number of hydrogen-bond donors (Lipinski definition) is 1. The van der Waals surface area contributed by atoms with Gasteiger partial charge in [0.05, 0.1) is 14.2 Å². The van der Waals surface area contributed by atoms with Crippen LogP contribution in [0.5, 0.6) is 11.5 Å². The molecule has 164 valence electrons. The summed E-state index contributed by atoms with van der Waals surface area (Å²) in [4.78, 5) is 38.1. The maximum absolute atomic E-state index is 12.5. The number of halogens is 1. The van der Waals surface area contributed by atoms with Crippen molar-refractivity contribution in [2.75, 3.05) is 33.9 Å². The Kier molecular flexibility index (Phi) is 7.51. The Balaban J connectivity index is 1.48. The lowest BCUT2D eigenvalue weighted by molar-refractivity contribution is -0.151. The molecule has 0 unspecified atom stereocenters. The van der Waals surface area contributed by atoms with E-state index >= 15 is 0 Å². The predicted molar refractivity (Wildman–Crippen MR) is 116 cm³/mol. The molecule has 0 aliphatic carbocycles. The Morgan fingerprint density at radius 2 is 1.77 bits per heavy atom. The number of nitrogens with one attached hydrogen (secondary N) is 1. The zero-order chi connectivity index (χ0) is 22.4. The van der Waals surface area contributed by atoms with E-state index in [0.717, 1.165) is 15.6 Å². The van der Waals surface area contributed by atoms with E-state index in [-0.39, 0.29) is 19.1 Å². The molecule has 2 aromatic rings. The second-order valence-electron chi connectivity index (χ2n) is 6.89. The van der Waals surface area contributed by atoms with Gasteiger partial charge in [-0.25, -0.2) is 0 Å². The van der Waals surface area contributed by atoms with Crippen molar-refractivity contribution in [3.63, 3.8) is 0 Å². The number of amides is 2. The summed E-state index contributed by atoms with van der Waals surface area (Å²) in [6.07, 6.45) is 0.665. The fraction of sp³-hybridized carbons (Fsp3) is 0.318. The van der Waals surface area contributed by atoms with E-state index in [0.29, 0.717) is 36.6 Å². The molecule has 1 aliphatic heterocycles. The molecular formula is C22H23BrN2O6. The normalized spacial score (nSPS) is 12.5. The number of hydrogen-bond acceptors (Lipinski definition) is 6. The average Bonchev–Trinajstić information content (AvgIpc) is 2.79. The first-order valence-corrected chi connectivity index (χ1v) is 10.4. The molecule has 0 bridgehead atoms. The van der Waals surface area contributed by atoms with Gasteiger partial charge in [-0.2, -0.15) is 0 Å². The zero-order valence-corrected chi connectivity index (χ0v) is 18.9. The second-order valence-corrected chi connectivity index (χ2v) is 7.81. The van der Waals surface area contributed by atoms with E-state index in [2.05, 4.69) is 21.2 Å². The van der Waals surface area contributed by atoms with Crippen LogP contribution in [0.1, 0.15) is 21.5 Å². The Hall–Kier alpha value is -3.07. The summed E-state index contributed by atoms with van der Waals surface area (Å²) in [7, 11) is 3.14. The summed E-state index contributed by atoms with van der Waals surface area (Å²) < 4.78 is 16.4. The molecule has 0 radical (unpaired) electrons. The van der Waals surface area contributed by atoms with E-state index in [1.54, 1.807) is 43.4 Å². The van der Waals surface area contributed by atoms with Gasteiger partial charge in [-0.3, -0.25) is 14.4 Å². The van der Waals surface area contributed by atoms with Crippen LogP contribution in [0.4, 0.5) is 0 Å². The van der Waals surface area contributed by atoms with Gasteiger partial charge in [0.1, 0.15) is 6.54 Å². The third kappa shape index (κ3) is 5.75. The number of nitrogens with zero attached hydrogens (tertiary/aromatic N) is 1. The van der Waals surface area contributed by atoms with Crippen LogP contribution in [0, 0.1) is 0 Å². The summed E-state index contributed by atoms with van der Waals surface area (Å²) in [5.41, 5.74) is 2.47. The van der Waals surface area contributed by atoms with Crippen molar-refractivity contribution >= 4 is 33.7 Å². The molecule has 1 aliphatic rings. The summed E-state index contributed by atoms with van der Waals surface area (Å²) in [5.74, 6) is -0.128. The van der Waals surface area contributed by atoms with Gasteiger partial charge in [-0.15, -0.1) is 0 Å². The Morgan fingerprint density at radius 1 is 1.06 bits per heavy atom. The lowest BCUT2D eigenvalue weighted by Crippen LogP contribution is -2.39. The number of ether oxygens (including phenoxy) is 3. The van der Waals surface area contributed by atoms with Crippen molar-refractivity contribution in [1.82, 2.24) is 10.2 Å². The van der Waals surface area contributed by atoms with E-state index in [4.69, 9.17) is 14.2 Å². The highest BCUT2D eigenvalue weighted by Crippen LogP contribution is 2.33. The largest absolute Gasteiger partial charge is 0.493 e. The van der Waals surface area contributed by atoms with Gasteiger partial charge in [-0.05, 0) is 47.9 Å². The summed E-state index contributed by atoms with van der Waals surface area (Å²) in [5, 5.41) is 2.48. The zero-order valence-electron chi connectivity index (χ0n) is 17.3. The molecule has 31 heavy (non-hydrogen) atoms. The molecule has 2 aromatic carbocycles. The van der Waals surface area contributed by atoms with Crippen molar-refractivity contribution in [3.05, 3.63) is 57.6 Å². The van der Waals surface area contributed by atoms with Gasteiger partial charge in [0, 0.05) is 23.1 Å². The van der Waals surface area contributed by atoms with Crippen LogP contribution in [0.15, 0.2) is 40.9 Å². The molecular weight excluding hydrogens is 468 g/mol. The van der Waals surface area contributed by atoms with Gasteiger partial charge in [0.2, 0.25) is 0 Å². The fourth-order valence-corrected chi connectivity index (χ4v) is 3.66. The average molecular weight is 491 g/mol. The quantitative estimate of drug-likeness (QED) is 0.598. The van der Waals surface area contributed by atoms with Crippen molar-refractivity contribution in [2.24, 2.45) is 0 Å². The molecule has 0 atom stereocenters. The van der Waals surface area contributed by atoms with Crippen LogP contribution in [0.3, 0.4) is 0 Å². The maximum atomic E-state index is 12.5. The Labute approximate surface area is 188 Å². The molecule has 1 N–H and O–H groups in total. The number of carbonyl (C=O) groups is 3. The molecule has 3 rings (SSSR count). The molecule has 0 spiro atoms. The van der Waals surface area contributed by atoms with Gasteiger partial charge >= 0.3 is 5.97 Å². The molecule has 1 heterocycles. The van der Waals surface area contributed by atoms with Crippen molar-refractivity contribution in [1.29, 1.82) is 0 Å². The summed E-state index contributed by atoms with van der Waals surface area (Å²) in [6.45, 7) is 0.205. The van der Waals surface area contributed by atoms with Gasteiger partial charge < -0.3 is 24.4 Å². The maximum Gasteiger partial charge on any atom is 0.325 e. The van der Waals surface area contributed by atoms with Crippen LogP contribution in [0.2, 0.25) is 0 Å². The minimum absolute atomic E-state index is 0.299. The molecule has 9 heteroatoms. The molecule has 0 aromatic heterocycles. The molecule has 0 saturated carbocycles. The van der Waals surface area contributed by atoms with E-state index < -0.39 is 11.9 Å². The van der Waals surface area contributed by atoms with Gasteiger partial charge in [0.15, 0.2) is 18.1 Å². The van der Waals surface area contributed by atoms with Crippen LogP contribution >= 0.6 is 15.9 Å². The van der Waals surface area contributed by atoms with Crippen LogP contribution < -0.4 is 14.8 Å². The lowest BCUT2D eigenvalue weighted by atomic mass is 9.99. The standard InChI is InChI=1S/C22H23BrN2O6/c1-29-18-9-14-6-7-25(12-16(14)10-19(18)30-2)20(26)13-31-21(27)11-24-22(28)15-4-3-5-17(23)8-15/h3-5,8-10H,6-7,11-13H2,1-2H3,(H,24,28). The summed E-state index contributed by atoms with van der Waals surface area (Å²) in [6, 6.07) is 10.6. The number of rotatable bonds is 7. The second kappa shape index (κ2) is 10.3. The number of methoxy groups -OCH3 is 2. The smallest absolute Gasteiger partial charge is 0.325 e. The van der Waals surface area contributed by atoms with Crippen molar-refractivity contribution in [3.8, 4) is 11.5 Å². The molecule has 2 amide bonds. The third-order valence-electron chi connectivity index (χ3n) is 4.91. The minimum atomic E-state index is -0.680. The van der Waals surface area contributed by atoms with Gasteiger partial charge in [-0.1, -0.05) is 22.0 Å². The fourth-order valence-electron chi connectivity index (χ4n) is 3.26. The first kappa shape index (κ1) is 22.6. The Morgan fingerprint density at radius 3 is 2.45 bits per heavy atom. The minimum Gasteiger partial charge on any atom is -0.493 e. The topological polar surface area (TPSA) is 94.2 Å². The highest BCUT2D eigenvalue weighted by molar-refractivity contribution is 9.10. The third-order valence-corrected chi connectivity index (χ3v) is 5.40. The number of benzene rings is 2. The van der Waals surface area contributed by atoms with Crippen LogP contribution in [-0.2, 0) is 27.3 Å². The van der Waals surface area contributed by atoms with E-state index in [9.17, 15) is 14.4 Å². The predicted octanol–water partition coefficient (Wildman–Crippen LogP) is 2.32. The first-order valence-electron chi connectivity index (χ1n) is 9.62. The highest BCUT2D eigenvalue weighted by atomic mass is 79.9. The number of esters is 1. The molecule has 8 nitrogen and oxygen atoms in total. The Bertz CT molecular complexity index is 994. The number of carbonyl (C=O) groups excluding carboxylic acids is 3. The molecule has 0 saturated heterocycles. The van der Waals surface area contributed by atoms with Crippen LogP contribution in [-0.4, -0.2) is 56.6 Å². The monoisotopic (exact) mass is 490 g/mol. The van der Waals surface area contributed by atoms with Crippen LogP contribution in [0.25, 0.3) is 0 Å². The van der Waals surface area contributed by atoms with E-state index in [1.807, 2.05) is 12.1 Å². The first-order chi connectivity index (χ1) is 14.9. The van der Waals surface area contributed by atoms with Crippen molar-refractivity contribution < 1.29 is 28.6 Å².